The van der Waals surface area contributed by atoms with E-state index < -0.39 is 7.26 Å². The van der Waals surface area contributed by atoms with E-state index in [-0.39, 0.29) is 5.95 Å². The lowest BCUT2D eigenvalue weighted by Crippen LogP contribution is -2.64. The van der Waals surface area contributed by atoms with Crippen molar-refractivity contribution in [2.45, 2.75) is 6.92 Å². The number of hydrogen-bond acceptors (Lipinski definition) is 5. The molecule has 0 aromatic heterocycles. The predicted molar refractivity (Wildman–Crippen MR) is 68.8 cm³/mol. The number of ether oxygens (including phenoxy) is 1. The molecule has 6 heteroatoms. The SMILES string of the molecule is CCO/C(O)=C/C[P+]12CN3CN(CN(C3)C1)C2. The minimum atomic E-state index is -0.963. The van der Waals surface area contributed by atoms with Gasteiger partial charge in [0.25, 0.3) is 5.95 Å². The zero-order chi connectivity index (χ0) is 11.9. The normalized spacial score (nSPS) is 44.1. The van der Waals surface area contributed by atoms with E-state index in [0.717, 1.165) is 26.2 Å². The van der Waals surface area contributed by atoms with Gasteiger partial charge in [0.15, 0.2) is 0 Å². The molecule has 0 spiro atoms. The Balaban J connectivity index is 1.68. The zero-order valence-corrected chi connectivity index (χ0v) is 11.3. The van der Waals surface area contributed by atoms with Gasteiger partial charge in [-0.15, -0.1) is 0 Å². The molecule has 0 aromatic carbocycles. The third-order valence-corrected chi connectivity index (χ3v) is 7.60. The van der Waals surface area contributed by atoms with E-state index >= 15 is 0 Å². The van der Waals surface area contributed by atoms with Gasteiger partial charge in [-0.3, -0.25) is 0 Å². The lowest BCUT2D eigenvalue weighted by Gasteiger charge is -2.55. The summed E-state index contributed by atoms with van der Waals surface area (Å²) in [5.41, 5.74) is 0. The van der Waals surface area contributed by atoms with E-state index in [1.165, 1.54) is 18.9 Å². The maximum Gasteiger partial charge on any atom is 0.276 e. The van der Waals surface area contributed by atoms with Crippen molar-refractivity contribution in [3.63, 3.8) is 0 Å². The molecule has 0 aromatic rings. The second-order valence-corrected chi connectivity index (χ2v) is 9.26. The molecule has 4 aliphatic heterocycles. The minimum absolute atomic E-state index is 0.114. The standard InChI is InChI=1S/C11H20N3O2P/c1-2-16-11(15)3-4-17-8-12-5-13(9-17)7-14(6-12)10-17/h3H,2,4-10H2,1H3/p+1/b11-3+. The summed E-state index contributed by atoms with van der Waals surface area (Å²) in [6.07, 6.45) is 6.69. The highest BCUT2D eigenvalue weighted by molar-refractivity contribution is 7.76. The smallest absolute Gasteiger partial charge is 0.276 e. The summed E-state index contributed by atoms with van der Waals surface area (Å²) in [7, 11) is -0.963. The summed E-state index contributed by atoms with van der Waals surface area (Å²) in [4.78, 5) is 7.61. The fourth-order valence-electron chi connectivity index (χ4n) is 3.31. The van der Waals surface area contributed by atoms with Crippen LogP contribution < -0.4 is 0 Å². The van der Waals surface area contributed by atoms with Crippen LogP contribution in [0.15, 0.2) is 12.0 Å². The Bertz CT molecular complexity index is 299. The van der Waals surface area contributed by atoms with Crippen molar-refractivity contribution in [1.29, 1.82) is 0 Å². The van der Waals surface area contributed by atoms with Gasteiger partial charge in [-0.25, -0.2) is 14.7 Å². The van der Waals surface area contributed by atoms with E-state index in [1.54, 1.807) is 0 Å². The molecule has 96 valence electrons. The summed E-state index contributed by atoms with van der Waals surface area (Å²) in [6.45, 7) is 5.85. The summed E-state index contributed by atoms with van der Waals surface area (Å²) in [5.74, 6) is 0.114. The number of nitrogens with zero attached hydrogens (tertiary/aromatic N) is 3. The molecular formula is C11H21N3O2P+. The molecule has 4 saturated heterocycles. The molecule has 5 nitrogen and oxygen atoms in total. The molecule has 0 unspecified atom stereocenters. The maximum absolute atomic E-state index is 9.57. The fourth-order valence-corrected chi connectivity index (χ4v) is 7.55. The van der Waals surface area contributed by atoms with Gasteiger partial charge in [-0.2, -0.15) is 0 Å². The second kappa shape index (κ2) is 4.39. The summed E-state index contributed by atoms with van der Waals surface area (Å²) < 4.78 is 5.10. The Morgan fingerprint density at radius 1 is 1.18 bits per heavy atom. The van der Waals surface area contributed by atoms with Gasteiger partial charge in [0, 0.05) is 6.08 Å². The third-order valence-electron chi connectivity index (χ3n) is 3.65. The van der Waals surface area contributed by atoms with Gasteiger partial charge in [0.1, 0.15) is 18.9 Å². The van der Waals surface area contributed by atoms with Crippen molar-refractivity contribution in [3.05, 3.63) is 12.0 Å². The van der Waals surface area contributed by atoms with Crippen LogP contribution in [0.25, 0.3) is 0 Å². The van der Waals surface area contributed by atoms with E-state index in [4.69, 9.17) is 4.74 Å². The third kappa shape index (κ3) is 2.29. The first-order chi connectivity index (χ1) is 8.19. The summed E-state index contributed by atoms with van der Waals surface area (Å²) in [6, 6.07) is 0. The highest BCUT2D eigenvalue weighted by Gasteiger charge is 2.53. The number of allylic oxidation sites excluding steroid dienone is 1. The van der Waals surface area contributed by atoms with E-state index in [9.17, 15) is 5.11 Å². The van der Waals surface area contributed by atoms with Gasteiger partial charge >= 0.3 is 0 Å². The predicted octanol–water partition coefficient (Wildman–Crippen LogP) is 1.13. The second-order valence-electron chi connectivity index (χ2n) is 5.36. The highest BCUT2D eigenvalue weighted by Crippen LogP contribution is 2.65. The van der Waals surface area contributed by atoms with Gasteiger partial charge in [-0.1, -0.05) is 0 Å². The van der Waals surface area contributed by atoms with Crippen LogP contribution in [0.3, 0.4) is 0 Å². The van der Waals surface area contributed by atoms with E-state index in [1.807, 2.05) is 13.0 Å². The molecule has 0 aliphatic carbocycles. The maximum atomic E-state index is 9.57. The Kier molecular flexibility index (Phi) is 3.03. The van der Waals surface area contributed by atoms with Crippen LogP contribution in [0.2, 0.25) is 0 Å². The van der Waals surface area contributed by atoms with Gasteiger partial charge in [-0.05, 0) is 6.92 Å². The first kappa shape index (κ1) is 11.7. The molecule has 4 aliphatic rings. The van der Waals surface area contributed by atoms with Crippen molar-refractivity contribution >= 4 is 7.26 Å². The van der Waals surface area contributed by atoms with Gasteiger partial charge in [0.2, 0.25) is 0 Å². The minimum Gasteiger partial charge on any atom is -0.481 e. The van der Waals surface area contributed by atoms with Gasteiger partial charge < -0.3 is 9.84 Å². The van der Waals surface area contributed by atoms with E-state index in [2.05, 4.69) is 14.7 Å². The molecule has 4 rings (SSSR count). The van der Waals surface area contributed by atoms with Crippen LogP contribution in [0.1, 0.15) is 6.92 Å². The Morgan fingerprint density at radius 3 is 2.18 bits per heavy atom. The van der Waals surface area contributed by atoms with Crippen LogP contribution in [0.4, 0.5) is 0 Å². The molecule has 0 saturated carbocycles. The topological polar surface area (TPSA) is 39.2 Å². The average Bonchev–Trinajstić information content (AvgIpc) is 2.25. The monoisotopic (exact) mass is 258 g/mol. The molecule has 4 bridgehead atoms. The van der Waals surface area contributed by atoms with Crippen LogP contribution in [0.5, 0.6) is 0 Å². The number of hydrogen-bond donors (Lipinski definition) is 1. The van der Waals surface area contributed by atoms with Crippen LogP contribution in [-0.2, 0) is 4.74 Å². The molecule has 17 heavy (non-hydrogen) atoms. The molecule has 0 atom stereocenters. The Hall–Kier alpha value is -0.350. The summed E-state index contributed by atoms with van der Waals surface area (Å²) >= 11 is 0. The molecule has 4 heterocycles. The average molecular weight is 258 g/mol. The summed E-state index contributed by atoms with van der Waals surface area (Å²) in [5, 5.41) is 9.57. The van der Waals surface area contributed by atoms with Crippen molar-refractivity contribution in [2.75, 3.05) is 51.6 Å². The first-order valence-electron chi connectivity index (χ1n) is 6.23. The fraction of sp³-hybridized carbons (Fsp3) is 0.818. The number of aliphatic hydroxyl groups excluding tert-OH is 1. The lowest BCUT2D eigenvalue weighted by atomic mass is 10.5. The van der Waals surface area contributed by atoms with E-state index in [0.29, 0.717) is 6.61 Å². The molecule has 1 N–H and O–H groups in total. The number of aliphatic hydroxyl groups is 1. The van der Waals surface area contributed by atoms with Crippen molar-refractivity contribution in [1.82, 2.24) is 14.7 Å². The first-order valence-corrected chi connectivity index (χ1v) is 8.76. The molecule has 0 radical (unpaired) electrons. The molecule has 4 fully saturated rings. The molecule has 0 amide bonds. The highest BCUT2D eigenvalue weighted by atomic mass is 31.2. The quantitative estimate of drug-likeness (QED) is 0.604. The van der Waals surface area contributed by atoms with Crippen molar-refractivity contribution in [2.24, 2.45) is 0 Å². The van der Waals surface area contributed by atoms with Crippen molar-refractivity contribution < 1.29 is 9.84 Å². The van der Waals surface area contributed by atoms with Gasteiger partial charge in [0.05, 0.1) is 40.0 Å². The Labute approximate surface area is 103 Å². The molecular weight excluding hydrogens is 237 g/mol. The van der Waals surface area contributed by atoms with Crippen LogP contribution >= 0.6 is 7.26 Å². The largest absolute Gasteiger partial charge is 0.481 e. The Morgan fingerprint density at radius 2 is 1.71 bits per heavy atom. The van der Waals surface area contributed by atoms with Crippen LogP contribution in [0, 0.1) is 0 Å². The number of rotatable bonds is 4. The van der Waals surface area contributed by atoms with Crippen molar-refractivity contribution in [3.8, 4) is 0 Å². The zero-order valence-electron chi connectivity index (χ0n) is 10.4. The lowest BCUT2D eigenvalue weighted by molar-refractivity contribution is -0.0278. The van der Waals surface area contributed by atoms with Crippen LogP contribution in [-0.4, -0.2) is 71.4 Å².